The Kier molecular flexibility index (Phi) is 5.45. The fourth-order valence-electron chi connectivity index (χ4n) is 3.18. The largest absolute Gasteiger partial charge is 0.459 e. The normalized spacial score (nSPS) is 10.7. The molecule has 6 nitrogen and oxygen atoms in total. The molecule has 0 saturated heterocycles. The van der Waals surface area contributed by atoms with Gasteiger partial charge in [-0.25, -0.2) is 0 Å². The standard InChI is InChI=1S/C25H22N2O4/c1-15-6-7-18(13-16(15)2)21-10-11-23(31-21)25(29)26-19-8-9-20(17(3)14-19)27-24(28)22-5-4-12-30-22/h4-14H,1-3H3,(H,26,29)(H,27,28). The maximum absolute atomic E-state index is 12.6. The number of anilines is 2. The minimum Gasteiger partial charge on any atom is -0.459 e. The number of benzene rings is 2. The highest BCUT2D eigenvalue weighted by Crippen LogP contribution is 2.26. The number of rotatable bonds is 5. The zero-order chi connectivity index (χ0) is 22.0. The molecule has 0 radical (unpaired) electrons. The molecule has 4 aromatic rings. The van der Waals surface area contributed by atoms with E-state index in [4.69, 9.17) is 8.83 Å². The summed E-state index contributed by atoms with van der Waals surface area (Å²) < 4.78 is 10.9. The zero-order valence-electron chi connectivity index (χ0n) is 17.5. The van der Waals surface area contributed by atoms with Crippen molar-refractivity contribution in [2.75, 3.05) is 10.6 Å². The fraction of sp³-hybridized carbons (Fsp3) is 0.120. The van der Waals surface area contributed by atoms with Gasteiger partial charge in [-0.1, -0.05) is 12.1 Å². The Morgan fingerprint density at radius 2 is 1.55 bits per heavy atom. The molecule has 0 saturated carbocycles. The molecule has 0 aliphatic carbocycles. The number of amides is 2. The van der Waals surface area contributed by atoms with E-state index in [0.717, 1.165) is 16.7 Å². The van der Waals surface area contributed by atoms with E-state index >= 15 is 0 Å². The summed E-state index contributed by atoms with van der Waals surface area (Å²) in [4.78, 5) is 24.8. The first kappa shape index (κ1) is 20.2. The summed E-state index contributed by atoms with van der Waals surface area (Å²) in [6.07, 6.45) is 1.44. The van der Waals surface area contributed by atoms with E-state index in [1.165, 1.54) is 11.8 Å². The van der Waals surface area contributed by atoms with Crippen LogP contribution in [-0.4, -0.2) is 11.8 Å². The van der Waals surface area contributed by atoms with Crippen LogP contribution in [0.2, 0.25) is 0 Å². The monoisotopic (exact) mass is 414 g/mol. The molecule has 2 heterocycles. The predicted molar refractivity (Wildman–Crippen MR) is 119 cm³/mol. The molecule has 4 rings (SSSR count). The van der Waals surface area contributed by atoms with Crippen molar-refractivity contribution < 1.29 is 18.4 Å². The van der Waals surface area contributed by atoms with Crippen LogP contribution >= 0.6 is 0 Å². The van der Waals surface area contributed by atoms with Gasteiger partial charge in [-0.15, -0.1) is 0 Å². The minimum absolute atomic E-state index is 0.223. The summed E-state index contributed by atoms with van der Waals surface area (Å²) in [7, 11) is 0. The molecule has 2 aromatic carbocycles. The Bertz CT molecular complexity index is 1250. The molecule has 0 aliphatic heterocycles. The molecule has 2 amide bonds. The van der Waals surface area contributed by atoms with E-state index in [1.54, 1.807) is 42.5 Å². The summed E-state index contributed by atoms with van der Waals surface area (Å²) in [5, 5.41) is 5.62. The van der Waals surface area contributed by atoms with Crippen LogP contribution in [0.3, 0.4) is 0 Å². The number of hydrogen-bond donors (Lipinski definition) is 2. The first-order valence-corrected chi connectivity index (χ1v) is 9.85. The Morgan fingerprint density at radius 1 is 0.742 bits per heavy atom. The lowest BCUT2D eigenvalue weighted by atomic mass is 10.1. The van der Waals surface area contributed by atoms with E-state index in [-0.39, 0.29) is 23.3 Å². The van der Waals surface area contributed by atoms with Gasteiger partial charge in [-0.2, -0.15) is 0 Å². The molecule has 31 heavy (non-hydrogen) atoms. The second-order valence-corrected chi connectivity index (χ2v) is 7.38. The molecule has 0 aliphatic rings. The van der Waals surface area contributed by atoms with Crippen molar-refractivity contribution in [2.24, 2.45) is 0 Å². The maximum Gasteiger partial charge on any atom is 0.291 e. The van der Waals surface area contributed by atoms with Gasteiger partial charge in [-0.05, 0) is 86.0 Å². The van der Waals surface area contributed by atoms with E-state index in [2.05, 4.69) is 17.6 Å². The first-order valence-electron chi connectivity index (χ1n) is 9.85. The molecule has 2 N–H and O–H groups in total. The molecule has 0 fully saturated rings. The Hall–Kier alpha value is -4.06. The van der Waals surface area contributed by atoms with Gasteiger partial charge in [0.2, 0.25) is 0 Å². The average Bonchev–Trinajstić information content (AvgIpc) is 3.44. The maximum atomic E-state index is 12.6. The number of carbonyl (C=O) groups is 2. The van der Waals surface area contributed by atoms with Gasteiger partial charge in [0.1, 0.15) is 5.76 Å². The van der Waals surface area contributed by atoms with Crippen molar-refractivity contribution >= 4 is 23.2 Å². The Labute approximate surface area is 179 Å². The molecule has 6 heteroatoms. The molecule has 156 valence electrons. The van der Waals surface area contributed by atoms with Crippen molar-refractivity contribution in [3.05, 3.63) is 95.1 Å². The van der Waals surface area contributed by atoms with E-state index in [1.807, 2.05) is 32.0 Å². The zero-order valence-corrected chi connectivity index (χ0v) is 17.5. The second kappa shape index (κ2) is 8.36. The second-order valence-electron chi connectivity index (χ2n) is 7.38. The van der Waals surface area contributed by atoms with Crippen LogP contribution in [0.1, 0.15) is 37.8 Å². The van der Waals surface area contributed by atoms with Gasteiger partial charge in [-0.3, -0.25) is 9.59 Å². The fourth-order valence-corrected chi connectivity index (χ4v) is 3.18. The van der Waals surface area contributed by atoms with Crippen LogP contribution in [0.15, 0.2) is 75.8 Å². The van der Waals surface area contributed by atoms with Crippen molar-refractivity contribution in [1.29, 1.82) is 0 Å². The van der Waals surface area contributed by atoms with E-state index in [0.29, 0.717) is 17.1 Å². The van der Waals surface area contributed by atoms with Gasteiger partial charge in [0, 0.05) is 16.9 Å². The number of nitrogens with one attached hydrogen (secondary N) is 2. The lowest BCUT2D eigenvalue weighted by Crippen LogP contribution is -2.13. The van der Waals surface area contributed by atoms with Crippen molar-refractivity contribution in [2.45, 2.75) is 20.8 Å². The highest BCUT2D eigenvalue weighted by molar-refractivity contribution is 6.04. The van der Waals surface area contributed by atoms with Crippen LogP contribution in [0.25, 0.3) is 11.3 Å². The minimum atomic E-state index is -0.346. The number of aryl methyl sites for hydroxylation is 3. The van der Waals surface area contributed by atoms with E-state index in [9.17, 15) is 9.59 Å². The lowest BCUT2D eigenvalue weighted by molar-refractivity contribution is 0.0989. The van der Waals surface area contributed by atoms with Gasteiger partial charge in [0.25, 0.3) is 11.8 Å². The third kappa shape index (κ3) is 4.43. The van der Waals surface area contributed by atoms with E-state index < -0.39 is 0 Å². The van der Waals surface area contributed by atoms with Gasteiger partial charge >= 0.3 is 0 Å². The molecule has 0 spiro atoms. The van der Waals surface area contributed by atoms with Crippen LogP contribution in [-0.2, 0) is 0 Å². The topological polar surface area (TPSA) is 84.5 Å². The molecular formula is C25H22N2O4. The summed E-state index contributed by atoms with van der Waals surface area (Å²) in [6.45, 7) is 5.94. The number of carbonyl (C=O) groups excluding carboxylic acids is 2. The highest BCUT2D eigenvalue weighted by atomic mass is 16.4. The first-order chi connectivity index (χ1) is 14.9. The molecular weight excluding hydrogens is 392 g/mol. The van der Waals surface area contributed by atoms with Crippen molar-refractivity contribution in [1.82, 2.24) is 0 Å². The van der Waals surface area contributed by atoms with Crippen LogP contribution in [0, 0.1) is 20.8 Å². The molecule has 0 unspecified atom stereocenters. The van der Waals surface area contributed by atoms with Crippen molar-refractivity contribution in [3.63, 3.8) is 0 Å². The third-order valence-electron chi connectivity index (χ3n) is 5.10. The summed E-state index contributed by atoms with van der Waals surface area (Å²) in [5.74, 6) is 0.414. The van der Waals surface area contributed by atoms with Crippen LogP contribution in [0.4, 0.5) is 11.4 Å². The lowest BCUT2D eigenvalue weighted by Gasteiger charge is -2.10. The van der Waals surface area contributed by atoms with Crippen LogP contribution < -0.4 is 10.6 Å². The van der Waals surface area contributed by atoms with Gasteiger partial charge < -0.3 is 19.5 Å². The molecule has 0 atom stereocenters. The summed E-state index contributed by atoms with van der Waals surface area (Å²) in [6, 6.07) is 18.0. The molecule has 2 aromatic heterocycles. The summed E-state index contributed by atoms with van der Waals surface area (Å²) >= 11 is 0. The number of furan rings is 2. The Balaban J connectivity index is 1.45. The molecule has 0 bridgehead atoms. The van der Waals surface area contributed by atoms with Gasteiger partial charge in [0.05, 0.1) is 6.26 Å². The average molecular weight is 414 g/mol. The smallest absolute Gasteiger partial charge is 0.291 e. The highest BCUT2D eigenvalue weighted by Gasteiger charge is 2.15. The van der Waals surface area contributed by atoms with Crippen molar-refractivity contribution in [3.8, 4) is 11.3 Å². The summed E-state index contributed by atoms with van der Waals surface area (Å²) in [5.41, 5.74) is 5.32. The van der Waals surface area contributed by atoms with Crippen LogP contribution in [0.5, 0.6) is 0 Å². The predicted octanol–water partition coefficient (Wildman–Crippen LogP) is 5.97. The van der Waals surface area contributed by atoms with Gasteiger partial charge in [0.15, 0.2) is 11.5 Å². The Morgan fingerprint density at radius 3 is 2.26 bits per heavy atom. The number of hydrogen-bond acceptors (Lipinski definition) is 4. The third-order valence-corrected chi connectivity index (χ3v) is 5.10. The quantitative estimate of drug-likeness (QED) is 0.421. The SMILES string of the molecule is Cc1ccc(-c2ccc(C(=O)Nc3ccc(NC(=O)c4ccco4)c(C)c3)o2)cc1C.